The molecule has 0 aromatic heterocycles. The molecule has 1 N–H and O–H groups in total. The molecule has 1 atom stereocenters. The first kappa shape index (κ1) is 15.3. The molecule has 1 aromatic rings. The van der Waals surface area contributed by atoms with Crippen LogP contribution in [0.25, 0.3) is 0 Å². The van der Waals surface area contributed by atoms with Crippen molar-refractivity contribution in [1.82, 2.24) is 10.2 Å². The summed E-state index contributed by atoms with van der Waals surface area (Å²) < 4.78 is 10.8. The van der Waals surface area contributed by atoms with Crippen LogP contribution in [-0.2, 0) is 0 Å². The van der Waals surface area contributed by atoms with Crippen molar-refractivity contribution in [2.75, 3.05) is 32.2 Å². The summed E-state index contributed by atoms with van der Waals surface area (Å²) in [5, 5.41) is 3.36. The number of carbonyl (C=O) groups is 1. The Balaban J connectivity index is 1.61. The molecular formula is C16H22N2O3S. The molecule has 1 saturated heterocycles. The van der Waals surface area contributed by atoms with Gasteiger partial charge in [-0.1, -0.05) is 13.0 Å². The minimum Gasteiger partial charge on any atom is -0.454 e. The fraction of sp³-hybridized carbons (Fsp3) is 0.562. The number of hydrogen-bond acceptors (Lipinski definition) is 4. The van der Waals surface area contributed by atoms with Gasteiger partial charge in [0, 0.05) is 30.6 Å². The van der Waals surface area contributed by atoms with E-state index in [0.29, 0.717) is 12.0 Å². The number of urea groups is 1. The molecule has 0 radical (unpaired) electrons. The van der Waals surface area contributed by atoms with Crippen molar-refractivity contribution in [2.24, 2.45) is 0 Å². The van der Waals surface area contributed by atoms with Crippen molar-refractivity contribution in [3.63, 3.8) is 0 Å². The first-order valence-corrected chi connectivity index (χ1v) is 8.86. The van der Waals surface area contributed by atoms with Crippen LogP contribution >= 0.6 is 11.8 Å². The molecule has 22 heavy (non-hydrogen) atoms. The van der Waals surface area contributed by atoms with E-state index in [4.69, 9.17) is 9.47 Å². The predicted octanol–water partition coefficient (Wildman–Crippen LogP) is 3.01. The smallest absolute Gasteiger partial charge is 0.317 e. The number of benzene rings is 1. The predicted molar refractivity (Wildman–Crippen MR) is 87.6 cm³/mol. The Morgan fingerprint density at radius 3 is 3.09 bits per heavy atom. The second-order valence-electron chi connectivity index (χ2n) is 5.48. The van der Waals surface area contributed by atoms with Gasteiger partial charge in [-0.3, -0.25) is 0 Å². The molecule has 0 spiro atoms. The first-order valence-electron chi connectivity index (χ1n) is 7.82. The van der Waals surface area contributed by atoms with Gasteiger partial charge in [0.15, 0.2) is 11.5 Å². The Morgan fingerprint density at radius 1 is 1.36 bits per heavy atom. The maximum absolute atomic E-state index is 12.1. The molecule has 1 unspecified atom stereocenters. The molecule has 0 aliphatic carbocycles. The highest BCUT2D eigenvalue weighted by molar-refractivity contribution is 7.99. The third kappa shape index (κ3) is 3.43. The van der Waals surface area contributed by atoms with Crippen molar-refractivity contribution in [3.8, 4) is 11.5 Å². The van der Waals surface area contributed by atoms with Gasteiger partial charge in [0.05, 0.1) is 0 Å². The zero-order valence-electron chi connectivity index (χ0n) is 12.8. The number of fused-ring (bicyclic) bond motifs is 1. The van der Waals surface area contributed by atoms with Crippen LogP contribution in [0.1, 0.15) is 30.6 Å². The third-order valence-corrected chi connectivity index (χ3v) is 5.25. The first-order chi connectivity index (χ1) is 10.8. The lowest BCUT2D eigenvalue weighted by Gasteiger charge is -2.20. The Hall–Kier alpha value is -1.56. The number of amides is 2. The summed E-state index contributed by atoms with van der Waals surface area (Å²) in [7, 11) is 0. The van der Waals surface area contributed by atoms with Crippen LogP contribution in [0.2, 0.25) is 0 Å². The molecule has 1 aromatic carbocycles. The van der Waals surface area contributed by atoms with Crippen LogP contribution in [0.15, 0.2) is 18.2 Å². The van der Waals surface area contributed by atoms with E-state index in [9.17, 15) is 4.79 Å². The SMILES string of the molecule is CCCNC(=O)N1CCSC(c2ccc3c(c2)OCO3)CC1. The average molecular weight is 322 g/mol. The normalized spacial score (nSPS) is 20.6. The average Bonchev–Trinajstić information content (AvgIpc) is 2.87. The fourth-order valence-electron chi connectivity index (χ4n) is 2.70. The highest BCUT2D eigenvalue weighted by Gasteiger charge is 2.23. The van der Waals surface area contributed by atoms with Gasteiger partial charge in [-0.15, -0.1) is 0 Å². The molecule has 6 heteroatoms. The van der Waals surface area contributed by atoms with Crippen molar-refractivity contribution >= 4 is 17.8 Å². The molecule has 120 valence electrons. The third-order valence-electron chi connectivity index (χ3n) is 3.92. The van der Waals surface area contributed by atoms with E-state index in [-0.39, 0.29) is 6.03 Å². The van der Waals surface area contributed by atoms with Gasteiger partial charge >= 0.3 is 6.03 Å². The molecule has 2 aliphatic rings. The second-order valence-corrected chi connectivity index (χ2v) is 6.79. The van der Waals surface area contributed by atoms with Crippen LogP contribution in [0.4, 0.5) is 4.79 Å². The number of nitrogens with zero attached hydrogens (tertiary/aromatic N) is 1. The van der Waals surface area contributed by atoms with Gasteiger partial charge in [0.25, 0.3) is 0 Å². The molecule has 1 fully saturated rings. The molecule has 0 bridgehead atoms. The van der Waals surface area contributed by atoms with Gasteiger partial charge in [-0.25, -0.2) is 4.79 Å². The zero-order valence-corrected chi connectivity index (χ0v) is 13.7. The summed E-state index contributed by atoms with van der Waals surface area (Å²) in [6.45, 7) is 4.72. The van der Waals surface area contributed by atoms with Gasteiger partial charge in [0.2, 0.25) is 6.79 Å². The minimum absolute atomic E-state index is 0.0637. The second kappa shape index (κ2) is 7.13. The van der Waals surface area contributed by atoms with Gasteiger partial charge in [-0.05, 0) is 30.5 Å². The molecule has 2 amide bonds. The lowest BCUT2D eigenvalue weighted by atomic mass is 10.1. The van der Waals surface area contributed by atoms with Crippen LogP contribution in [0.3, 0.4) is 0 Å². The van der Waals surface area contributed by atoms with Gasteiger partial charge < -0.3 is 19.7 Å². The summed E-state index contributed by atoms with van der Waals surface area (Å²) in [6.07, 6.45) is 1.93. The Bertz CT molecular complexity index is 538. The number of nitrogens with one attached hydrogen (secondary N) is 1. The monoisotopic (exact) mass is 322 g/mol. The van der Waals surface area contributed by atoms with E-state index in [1.54, 1.807) is 0 Å². The molecule has 3 rings (SSSR count). The van der Waals surface area contributed by atoms with Crippen LogP contribution < -0.4 is 14.8 Å². The molecule has 2 heterocycles. The van der Waals surface area contributed by atoms with Crippen molar-refractivity contribution in [1.29, 1.82) is 0 Å². The summed E-state index contributed by atoms with van der Waals surface area (Å²) in [5.74, 6) is 2.61. The Kier molecular flexibility index (Phi) is 4.97. The summed E-state index contributed by atoms with van der Waals surface area (Å²) in [5.41, 5.74) is 1.25. The molecule has 0 saturated carbocycles. The Morgan fingerprint density at radius 2 is 2.23 bits per heavy atom. The summed E-state index contributed by atoms with van der Waals surface area (Å²) in [4.78, 5) is 14.0. The number of thioether (sulfide) groups is 1. The standard InChI is InChI=1S/C16H22N2O3S/c1-2-6-17-16(19)18-7-5-15(22-9-8-18)12-3-4-13-14(10-12)21-11-20-13/h3-4,10,15H,2,5-9,11H2,1H3,(H,17,19). The quantitative estimate of drug-likeness (QED) is 0.929. The van der Waals surface area contributed by atoms with Crippen molar-refractivity contribution < 1.29 is 14.3 Å². The Labute approximate surface area is 135 Å². The highest BCUT2D eigenvalue weighted by atomic mass is 32.2. The number of carbonyl (C=O) groups excluding carboxylic acids is 1. The van der Waals surface area contributed by atoms with E-state index < -0.39 is 0 Å². The zero-order chi connectivity index (χ0) is 15.4. The number of ether oxygens (including phenoxy) is 2. The van der Waals surface area contributed by atoms with Crippen LogP contribution in [-0.4, -0.2) is 43.1 Å². The van der Waals surface area contributed by atoms with E-state index in [1.165, 1.54) is 5.56 Å². The maximum atomic E-state index is 12.1. The highest BCUT2D eigenvalue weighted by Crippen LogP contribution is 2.40. The van der Waals surface area contributed by atoms with Crippen molar-refractivity contribution in [3.05, 3.63) is 23.8 Å². The summed E-state index contributed by atoms with van der Waals surface area (Å²) >= 11 is 1.91. The topological polar surface area (TPSA) is 50.8 Å². The lowest BCUT2D eigenvalue weighted by molar-refractivity contribution is 0.174. The molecular weight excluding hydrogens is 300 g/mol. The van der Waals surface area contributed by atoms with Gasteiger partial charge in [-0.2, -0.15) is 11.8 Å². The maximum Gasteiger partial charge on any atom is 0.317 e. The lowest BCUT2D eigenvalue weighted by Crippen LogP contribution is -2.41. The number of hydrogen-bond donors (Lipinski definition) is 1. The van der Waals surface area contributed by atoms with Crippen LogP contribution in [0.5, 0.6) is 11.5 Å². The fourth-order valence-corrected chi connectivity index (χ4v) is 3.92. The molecule has 5 nitrogen and oxygen atoms in total. The van der Waals surface area contributed by atoms with E-state index >= 15 is 0 Å². The van der Waals surface area contributed by atoms with E-state index in [0.717, 1.165) is 49.7 Å². The van der Waals surface area contributed by atoms with Crippen molar-refractivity contribution in [2.45, 2.75) is 25.0 Å². The van der Waals surface area contributed by atoms with Crippen LogP contribution in [0, 0.1) is 0 Å². The molecule has 2 aliphatic heterocycles. The summed E-state index contributed by atoms with van der Waals surface area (Å²) in [6, 6.07) is 6.23. The van der Waals surface area contributed by atoms with E-state index in [1.807, 2.05) is 22.7 Å². The van der Waals surface area contributed by atoms with Gasteiger partial charge in [0.1, 0.15) is 0 Å². The number of rotatable bonds is 3. The minimum atomic E-state index is 0.0637. The van der Waals surface area contributed by atoms with E-state index in [2.05, 4.69) is 24.4 Å². The largest absolute Gasteiger partial charge is 0.454 e.